The van der Waals surface area contributed by atoms with Gasteiger partial charge in [0.05, 0.1) is 5.75 Å². The number of nitrogens with zero attached hydrogens (tertiary/aromatic N) is 2. The van der Waals surface area contributed by atoms with Crippen LogP contribution in [0.25, 0.3) is 0 Å². The van der Waals surface area contributed by atoms with E-state index in [-0.39, 0.29) is 11.8 Å². The topological polar surface area (TPSA) is 84.0 Å². The van der Waals surface area contributed by atoms with Crippen LogP contribution in [0.15, 0.2) is 54.6 Å². The molecule has 0 saturated carbocycles. The largest absolute Gasteiger partial charge is 0.351 e. The van der Waals surface area contributed by atoms with Crippen LogP contribution in [0, 0.1) is 6.92 Å². The SMILES string of the molecule is Cc1ccccc1CNC(=O)CSCc1nnc(C(=O)Nc2ccccc2)s1. The number of para-hydroxylation sites is 1. The molecule has 3 rings (SSSR count). The molecule has 0 atom stereocenters. The molecule has 2 N–H and O–H groups in total. The summed E-state index contributed by atoms with van der Waals surface area (Å²) in [5, 5.41) is 14.7. The molecule has 0 aliphatic carbocycles. The number of carbonyl (C=O) groups is 2. The lowest BCUT2D eigenvalue weighted by molar-refractivity contribution is -0.118. The first-order chi connectivity index (χ1) is 13.6. The lowest BCUT2D eigenvalue weighted by Gasteiger charge is -2.07. The fourth-order valence-corrected chi connectivity index (χ4v) is 4.03. The van der Waals surface area contributed by atoms with E-state index in [4.69, 9.17) is 0 Å². The number of hydrogen-bond donors (Lipinski definition) is 2. The number of carbonyl (C=O) groups excluding carboxylic acids is 2. The van der Waals surface area contributed by atoms with Gasteiger partial charge in [-0.25, -0.2) is 0 Å². The Morgan fingerprint density at radius 2 is 1.79 bits per heavy atom. The highest BCUT2D eigenvalue weighted by Gasteiger charge is 2.13. The van der Waals surface area contributed by atoms with Crippen LogP contribution in [0.2, 0.25) is 0 Å². The molecule has 0 spiro atoms. The Labute approximate surface area is 171 Å². The molecule has 0 saturated heterocycles. The summed E-state index contributed by atoms with van der Waals surface area (Å²) in [7, 11) is 0. The molecule has 0 bridgehead atoms. The predicted molar refractivity (Wildman–Crippen MR) is 113 cm³/mol. The van der Waals surface area contributed by atoms with Crippen LogP contribution < -0.4 is 10.6 Å². The number of amides is 2. The number of anilines is 1. The lowest BCUT2D eigenvalue weighted by atomic mass is 10.1. The summed E-state index contributed by atoms with van der Waals surface area (Å²) >= 11 is 2.68. The van der Waals surface area contributed by atoms with Crippen LogP contribution in [-0.4, -0.2) is 27.8 Å². The molecular weight excluding hydrogens is 392 g/mol. The van der Waals surface area contributed by atoms with Crippen molar-refractivity contribution in [3.05, 3.63) is 75.7 Å². The lowest BCUT2D eigenvalue weighted by Crippen LogP contribution is -2.24. The third-order valence-electron chi connectivity index (χ3n) is 3.89. The molecular formula is C20H20N4O2S2. The molecule has 28 heavy (non-hydrogen) atoms. The van der Waals surface area contributed by atoms with Gasteiger partial charge in [0.1, 0.15) is 5.01 Å². The Morgan fingerprint density at radius 3 is 2.57 bits per heavy atom. The Morgan fingerprint density at radius 1 is 1.04 bits per heavy atom. The average Bonchev–Trinajstić information content (AvgIpc) is 3.17. The summed E-state index contributed by atoms with van der Waals surface area (Å²) in [6, 6.07) is 17.2. The van der Waals surface area contributed by atoms with Crippen LogP contribution in [0.1, 0.15) is 25.9 Å². The van der Waals surface area contributed by atoms with Gasteiger partial charge in [-0.1, -0.05) is 53.8 Å². The first-order valence-electron chi connectivity index (χ1n) is 8.69. The summed E-state index contributed by atoms with van der Waals surface area (Å²) in [4.78, 5) is 24.2. The van der Waals surface area contributed by atoms with Gasteiger partial charge in [-0.2, -0.15) is 0 Å². The Kier molecular flexibility index (Phi) is 7.16. The molecule has 2 amide bonds. The molecule has 6 nitrogen and oxygen atoms in total. The molecule has 0 aliphatic rings. The van der Waals surface area contributed by atoms with Crippen LogP contribution in [-0.2, 0) is 17.1 Å². The standard InChI is InChI=1S/C20H20N4O2S2/c1-14-7-5-6-8-15(14)11-21-17(25)12-27-13-18-23-24-20(28-18)19(26)22-16-9-3-2-4-10-16/h2-10H,11-13H2,1H3,(H,21,25)(H,22,26). The van der Waals surface area contributed by atoms with E-state index in [1.807, 2.05) is 61.5 Å². The van der Waals surface area contributed by atoms with Gasteiger partial charge < -0.3 is 10.6 Å². The molecule has 2 aromatic carbocycles. The van der Waals surface area contributed by atoms with Gasteiger partial charge >= 0.3 is 0 Å². The van der Waals surface area contributed by atoms with Crippen molar-refractivity contribution in [2.75, 3.05) is 11.1 Å². The van der Waals surface area contributed by atoms with E-state index in [1.54, 1.807) is 0 Å². The molecule has 0 aliphatic heterocycles. The maximum atomic E-state index is 12.2. The zero-order chi connectivity index (χ0) is 19.8. The molecule has 0 radical (unpaired) electrons. The van der Waals surface area contributed by atoms with Crippen LogP contribution >= 0.6 is 23.1 Å². The average molecular weight is 413 g/mol. The summed E-state index contributed by atoms with van der Waals surface area (Å²) < 4.78 is 0. The minimum absolute atomic E-state index is 0.0280. The summed E-state index contributed by atoms with van der Waals surface area (Å²) in [5.41, 5.74) is 2.98. The van der Waals surface area contributed by atoms with E-state index in [2.05, 4.69) is 20.8 Å². The van der Waals surface area contributed by atoms with Crippen molar-refractivity contribution in [1.82, 2.24) is 15.5 Å². The molecule has 1 aromatic heterocycles. The van der Waals surface area contributed by atoms with Crippen molar-refractivity contribution >= 4 is 40.6 Å². The Hall–Kier alpha value is -2.71. The van der Waals surface area contributed by atoms with E-state index in [1.165, 1.54) is 23.1 Å². The molecule has 1 heterocycles. The minimum Gasteiger partial charge on any atom is -0.351 e. The third-order valence-corrected chi connectivity index (χ3v) is 5.94. The van der Waals surface area contributed by atoms with Gasteiger partial charge in [0.2, 0.25) is 10.9 Å². The number of hydrogen-bond acceptors (Lipinski definition) is 6. The number of benzene rings is 2. The zero-order valence-corrected chi connectivity index (χ0v) is 17.0. The van der Waals surface area contributed by atoms with Crippen molar-refractivity contribution in [3.8, 4) is 0 Å². The molecule has 3 aromatic rings. The maximum absolute atomic E-state index is 12.2. The predicted octanol–water partition coefficient (Wildman–Crippen LogP) is 3.65. The van der Waals surface area contributed by atoms with Crippen LogP contribution in [0.4, 0.5) is 5.69 Å². The number of rotatable bonds is 8. The van der Waals surface area contributed by atoms with Gasteiger partial charge in [0.25, 0.3) is 5.91 Å². The third kappa shape index (κ3) is 5.90. The number of nitrogens with one attached hydrogen (secondary N) is 2. The molecule has 0 unspecified atom stereocenters. The fraction of sp³-hybridized carbons (Fsp3) is 0.200. The zero-order valence-electron chi connectivity index (χ0n) is 15.3. The quantitative estimate of drug-likeness (QED) is 0.590. The van der Waals surface area contributed by atoms with Crippen molar-refractivity contribution in [2.45, 2.75) is 19.2 Å². The first-order valence-corrected chi connectivity index (χ1v) is 10.7. The van der Waals surface area contributed by atoms with Gasteiger partial charge in [0, 0.05) is 18.0 Å². The van der Waals surface area contributed by atoms with Gasteiger partial charge in [-0.05, 0) is 30.2 Å². The smallest absolute Gasteiger partial charge is 0.286 e. The Bertz CT molecular complexity index is 944. The molecule has 144 valence electrons. The molecule has 8 heteroatoms. The number of aryl methyl sites for hydroxylation is 1. The van der Waals surface area contributed by atoms with Crippen molar-refractivity contribution in [3.63, 3.8) is 0 Å². The van der Waals surface area contributed by atoms with E-state index >= 15 is 0 Å². The Balaban J connectivity index is 1.41. The second-order valence-electron chi connectivity index (χ2n) is 6.02. The number of aromatic nitrogens is 2. The maximum Gasteiger partial charge on any atom is 0.286 e. The summed E-state index contributed by atoms with van der Waals surface area (Å²) in [6.07, 6.45) is 0. The van der Waals surface area contributed by atoms with Gasteiger partial charge in [-0.3, -0.25) is 9.59 Å². The fourth-order valence-electron chi connectivity index (χ4n) is 2.39. The number of thioether (sulfide) groups is 1. The highest BCUT2D eigenvalue weighted by atomic mass is 32.2. The van der Waals surface area contributed by atoms with Gasteiger partial charge in [-0.15, -0.1) is 22.0 Å². The van der Waals surface area contributed by atoms with Crippen LogP contribution in [0.5, 0.6) is 0 Å². The van der Waals surface area contributed by atoms with Crippen molar-refractivity contribution in [1.29, 1.82) is 0 Å². The normalized spacial score (nSPS) is 10.5. The van der Waals surface area contributed by atoms with E-state index < -0.39 is 0 Å². The van der Waals surface area contributed by atoms with Gasteiger partial charge in [0.15, 0.2) is 0 Å². The first kappa shape index (κ1) is 20.0. The van der Waals surface area contributed by atoms with E-state index in [0.717, 1.165) is 16.1 Å². The van der Waals surface area contributed by atoms with Crippen molar-refractivity contribution in [2.24, 2.45) is 0 Å². The molecule has 0 fully saturated rings. The highest BCUT2D eigenvalue weighted by Crippen LogP contribution is 2.18. The minimum atomic E-state index is -0.282. The second-order valence-corrected chi connectivity index (χ2v) is 8.06. The summed E-state index contributed by atoms with van der Waals surface area (Å²) in [5.74, 6) is 0.557. The highest BCUT2D eigenvalue weighted by molar-refractivity contribution is 7.99. The summed E-state index contributed by atoms with van der Waals surface area (Å²) in [6.45, 7) is 2.55. The van der Waals surface area contributed by atoms with E-state index in [0.29, 0.717) is 28.7 Å². The second kappa shape index (κ2) is 10.0. The monoisotopic (exact) mass is 412 g/mol. The van der Waals surface area contributed by atoms with Crippen LogP contribution in [0.3, 0.4) is 0 Å². The van der Waals surface area contributed by atoms with E-state index in [9.17, 15) is 9.59 Å². The van der Waals surface area contributed by atoms with Crippen molar-refractivity contribution < 1.29 is 9.59 Å².